The summed E-state index contributed by atoms with van der Waals surface area (Å²) in [5, 5.41) is 3.45. The second kappa shape index (κ2) is 4.94. The first-order valence-electron chi connectivity index (χ1n) is 6.68. The maximum Gasteiger partial charge on any atom is 0.150 e. The Labute approximate surface area is 115 Å². The van der Waals surface area contributed by atoms with Crippen molar-refractivity contribution in [2.75, 3.05) is 18.1 Å². The highest BCUT2D eigenvalue weighted by Crippen LogP contribution is 2.35. The molecule has 4 nitrogen and oxygen atoms in total. The number of sulfone groups is 1. The van der Waals surface area contributed by atoms with Gasteiger partial charge < -0.3 is 9.73 Å². The van der Waals surface area contributed by atoms with Gasteiger partial charge in [-0.2, -0.15) is 0 Å². The molecule has 1 aliphatic rings. The Bertz CT molecular complexity index is 513. The molecule has 0 amide bonds. The Morgan fingerprint density at radius 2 is 2.16 bits per heavy atom. The number of rotatable bonds is 4. The van der Waals surface area contributed by atoms with Gasteiger partial charge in [0.25, 0.3) is 0 Å². The third-order valence-corrected chi connectivity index (χ3v) is 5.47. The van der Waals surface area contributed by atoms with E-state index >= 15 is 0 Å². The minimum atomic E-state index is -2.91. The van der Waals surface area contributed by atoms with Crippen LogP contribution in [-0.4, -0.2) is 32.0 Å². The minimum Gasteiger partial charge on any atom is -0.469 e. The summed E-state index contributed by atoms with van der Waals surface area (Å²) < 4.78 is 29.1. The van der Waals surface area contributed by atoms with Crippen LogP contribution in [0.5, 0.6) is 0 Å². The van der Waals surface area contributed by atoms with Crippen molar-refractivity contribution in [3.63, 3.8) is 0 Å². The molecule has 1 N–H and O–H groups in total. The lowest BCUT2D eigenvalue weighted by atomic mass is 9.82. The fourth-order valence-electron chi connectivity index (χ4n) is 2.56. The summed E-state index contributed by atoms with van der Waals surface area (Å²) in [4.78, 5) is 0. The second-order valence-corrected chi connectivity index (χ2v) is 8.89. The normalized spacial score (nSPS) is 26.7. The maximum atomic E-state index is 11.8. The average Bonchev–Trinajstić information content (AvgIpc) is 2.84. The smallest absolute Gasteiger partial charge is 0.150 e. The van der Waals surface area contributed by atoms with E-state index in [0.29, 0.717) is 25.1 Å². The van der Waals surface area contributed by atoms with Crippen molar-refractivity contribution in [3.8, 4) is 0 Å². The monoisotopic (exact) mass is 285 g/mol. The molecule has 0 aliphatic carbocycles. The van der Waals surface area contributed by atoms with Gasteiger partial charge in [0.2, 0.25) is 0 Å². The Hall–Kier alpha value is -0.810. The molecule has 1 aromatic heterocycles. The number of hydrogen-bond acceptors (Lipinski definition) is 4. The fraction of sp³-hybridized carbons (Fsp3) is 0.714. The average molecular weight is 285 g/mol. The molecule has 0 bridgehead atoms. The van der Waals surface area contributed by atoms with Crippen molar-refractivity contribution in [3.05, 3.63) is 24.2 Å². The lowest BCUT2D eigenvalue weighted by Gasteiger charge is -2.32. The van der Waals surface area contributed by atoms with E-state index in [1.54, 1.807) is 6.26 Å². The molecule has 19 heavy (non-hydrogen) atoms. The molecule has 1 unspecified atom stereocenters. The van der Waals surface area contributed by atoms with Crippen molar-refractivity contribution in [2.24, 2.45) is 5.41 Å². The highest BCUT2D eigenvalue weighted by molar-refractivity contribution is 7.91. The zero-order valence-corrected chi connectivity index (χ0v) is 12.7. The van der Waals surface area contributed by atoms with Crippen LogP contribution in [0, 0.1) is 5.41 Å². The predicted octanol–water partition coefficient (Wildman–Crippen LogP) is 2.02. The molecule has 0 spiro atoms. The van der Waals surface area contributed by atoms with E-state index in [1.165, 1.54) is 0 Å². The largest absolute Gasteiger partial charge is 0.469 e. The van der Waals surface area contributed by atoms with Crippen LogP contribution < -0.4 is 5.32 Å². The van der Waals surface area contributed by atoms with Crippen LogP contribution in [0.1, 0.15) is 33.0 Å². The van der Waals surface area contributed by atoms with Crippen LogP contribution in [0.3, 0.4) is 0 Å². The van der Waals surface area contributed by atoms with Gasteiger partial charge in [-0.1, -0.05) is 0 Å². The molecule has 0 aromatic carbocycles. The zero-order chi connectivity index (χ0) is 14.1. The van der Waals surface area contributed by atoms with E-state index in [9.17, 15) is 8.42 Å². The lowest BCUT2D eigenvalue weighted by molar-refractivity contribution is 0.255. The molecule has 0 radical (unpaired) electrons. The highest BCUT2D eigenvalue weighted by Gasteiger charge is 2.43. The highest BCUT2D eigenvalue weighted by atomic mass is 32.2. The molecule has 1 aromatic rings. The summed E-state index contributed by atoms with van der Waals surface area (Å²) in [6, 6.07) is 3.77. The van der Waals surface area contributed by atoms with Gasteiger partial charge in [-0.3, -0.25) is 0 Å². The second-order valence-electron chi connectivity index (χ2n) is 6.70. The summed E-state index contributed by atoms with van der Waals surface area (Å²) in [5.41, 5.74) is -0.244. The van der Waals surface area contributed by atoms with Crippen molar-refractivity contribution in [1.29, 1.82) is 0 Å². The molecule has 2 heterocycles. The first-order valence-corrected chi connectivity index (χ1v) is 8.50. The van der Waals surface area contributed by atoms with E-state index in [-0.39, 0.29) is 16.7 Å². The summed E-state index contributed by atoms with van der Waals surface area (Å²) in [6.45, 7) is 6.99. The third kappa shape index (κ3) is 4.08. The molecule has 1 atom stereocenters. The number of nitrogens with one attached hydrogen (secondary N) is 1. The van der Waals surface area contributed by atoms with Crippen LogP contribution in [0.4, 0.5) is 0 Å². The number of furan rings is 1. The lowest BCUT2D eigenvalue weighted by Crippen LogP contribution is -2.45. The summed E-state index contributed by atoms with van der Waals surface area (Å²) in [7, 11) is -2.91. The SMILES string of the molecule is CC(C)(C)NCC1(Cc2ccco2)CCS(=O)(=O)C1. The maximum absolute atomic E-state index is 11.8. The molecule has 0 saturated carbocycles. The Morgan fingerprint density at radius 1 is 1.42 bits per heavy atom. The zero-order valence-electron chi connectivity index (χ0n) is 11.9. The molecule has 1 fully saturated rings. The van der Waals surface area contributed by atoms with Gasteiger partial charge in [-0.25, -0.2) is 8.42 Å². The first kappa shape index (κ1) is 14.6. The molecular formula is C14H23NO3S. The molecule has 2 rings (SSSR count). The van der Waals surface area contributed by atoms with E-state index in [1.807, 2.05) is 12.1 Å². The van der Waals surface area contributed by atoms with Gasteiger partial charge >= 0.3 is 0 Å². The predicted molar refractivity (Wildman–Crippen MR) is 75.9 cm³/mol. The van der Waals surface area contributed by atoms with Crippen LogP contribution in [0.25, 0.3) is 0 Å². The van der Waals surface area contributed by atoms with Crippen LogP contribution in [0.15, 0.2) is 22.8 Å². The Balaban J connectivity index is 2.14. The van der Waals surface area contributed by atoms with Crippen molar-refractivity contribution < 1.29 is 12.8 Å². The number of hydrogen-bond donors (Lipinski definition) is 1. The van der Waals surface area contributed by atoms with E-state index in [2.05, 4.69) is 26.1 Å². The van der Waals surface area contributed by atoms with Crippen molar-refractivity contribution >= 4 is 9.84 Å². The van der Waals surface area contributed by atoms with Crippen LogP contribution in [0.2, 0.25) is 0 Å². The topological polar surface area (TPSA) is 59.3 Å². The summed E-state index contributed by atoms with van der Waals surface area (Å²) >= 11 is 0. The van der Waals surface area contributed by atoms with Gasteiger partial charge in [-0.05, 0) is 39.3 Å². The van der Waals surface area contributed by atoms with Crippen LogP contribution >= 0.6 is 0 Å². The summed E-state index contributed by atoms with van der Waals surface area (Å²) in [6.07, 6.45) is 3.03. The Kier molecular flexibility index (Phi) is 3.80. The molecule has 1 aliphatic heterocycles. The first-order chi connectivity index (χ1) is 8.70. The molecule has 5 heteroatoms. The molecule has 1 saturated heterocycles. The van der Waals surface area contributed by atoms with Gasteiger partial charge in [0, 0.05) is 23.9 Å². The van der Waals surface area contributed by atoms with Crippen molar-refractivity contribution in [1.82, 2.24) is 5.32 Å². The standard InChI is InChI=1S/C14H23NO3S/c1-13(2,3)15-10-14(6-8-19(16,17)11-14)9-12-5-4-7-18-12/h4-5,7,15H,6,8-11H2,1-3H3. The quantitative estimate of drug-likeness (QED) is 0.919. The summed E-state index contributed by atoms with van der Waals surface area (Å²) in [5.74, 6) is 1.41. The van der Waals surface area contributed by atoms with Gasteiger partial charge in [-0.15, -0.1) is 0 Å². The van der Waals surface area contributed by atoms with E-state index < -0.39 is 9.84 Å². The van der Waals surface area contributed by atoms with Gasteiger partial charge in [0.1, 0.15) is 5.76 Å². The third-order valence-electron chi connectivity index (χ3n) is 3.59. The van der Waals surface area contributed by atoms with Crippen LogP contribution in [-0.2, 0) is 16.3 Å². The van der Waals surface area contributed by atoms with Crippen molar-refractivity contribution in [2.45, 2.75) is 39.2 Å². The van der Waals surface area contributed by atoms with Gasteiger partial charge in [0.05, 0.1) is 17.8 Å². The fourth-order valence-corrected chi connectivity index (χ4v) is 4.73. The molecule has 108 valence electrons. The van der Waals surface area contributed by atoms with E-state index in [0.717, 1.165) is 5.76 Å². The van der Waals surface area contributed by atoms with Gasteiger partial charge in [0.15, 0.2) is 9.84 Å². The molecular weight excluding hydrogens is 262 g/mol. The van der Waals surface area contributed by atoms with E-state index in [4.69, 9.17) is 4.42 Å². The Morgan fingerprint density at radius 3 is 2.63 bits per heavy atom. The minimum absolute atomic E-state index is 0.0114.